The van der Waals surface area contributed by atoms with E-state index in [1.807, 2.05) is 0 Å². The maximum Gasteiger partial charge on any atom is 0.276 e. The van der Waals surface area contributed by atoms with Gasteiger partial charge in [0.05, 0.1) is 23.1 Å². The van der Waals surface area contributed by atoms with Crippen molar-refractivity contribution < 1.29 is 17.9 Å². The number of amides is 1. The molecule has 1 fully saturated rings. The van der Waals surface area contributed by atoms with Gasteiger partial charge in [0.15, 0.2) is 0 Å². The number of nitrogens with zero attached hydrogens (tertiary/aromatic N) is 1. The van der Waals surface area contributed by atoms with Gasteiger partial charge in [-0.25, -0.2) is 18.1 Å². The molecule has 6 nitrogen and oxygen atoms in total. The van der Waals surface area contributed by atoms with Crippen molar-refractivity contribution >= 4 is 27.3 Å². The van der Waals surface area contributed by atoms with Crippen molar-refractivity contribution in [2.24, 2.45) is 0 Å². The van der Waals surface area contributed by atoms with Gasteiger partial charge < -0.3 is 4.74 Å². The quantitative estimate of drug-likeness (QED) is 0.899. The SMILES string of the molecule is Cc1ncsc1C(=O)NS(=O)(=O)CC1CCCCO1. The summed E-state index contributed by atoms with van der Waals surface area (Å²) in [7, 11) is -3.67. The van der Waals surface area contributed by atoms with E-state index in [0.29, 0.717) is 23.6 Å². The number of aromatic nitrogens is 1. The second-order valence-corrected chi connectivity index (χ2v) is 7.09. The zero-order valence-corrected chi connectivity index (χ0v) is 12.2. The van der Waals surface area contributed by atoms with E-state index in [4.69, 9.17) is 4.74 Å². The van der Waals surface area contributed by atoms with E-state index >= 15 is 0 Å². The van der Waals surface area contributed by atoms with Crippen LogP contribution >= 0.6 is 11.3 Å². The van der Waals surface area contributed by atoms with Crippen molar-refractivity contribution in [3.8, 4) is 0 Å². The topological polar surface area (TPSA) is 85.4 Å². The van der Waals surface area contributed by atoms with Crippen molar-refractivity contribution in [2.45, 2.75) is 32.3 Å². The zero-order chi connectivity index (χ0) is 13.9. The minimum atomic E-state index is -3.67. The molecule has 1 atom stereocenters. The molecule has 1 aromatic rings. The lowest BCUT2D eigenvalue weighted by Crippen LogP contribution is -2.38. The Bertz CT molecular complexity index is 547. The van der Waals surface area contributed by atoms with Gasteiger partial charge in [-0.2, -0.15) is 0 Å². The fourth-order valence-electron chi connectivity index (χ4n) is 1.93. The molecule has 0 bridgehead atoms. The van der Waals surface area contributed by atoms with E-state index in [9.17, 15) is 13.2 Å². The molecule has 0 aromatic carbocycles. The highest BCUT2D eigenvalue weighted by Gasteiger charge is 2.25. The van der Waals surface area contributed by atoms with Gasteiger partial charge in [-0.05, 0) is 26.2 Å². The summed E-state index contributed by atoms with van der Waals surface area (Å²) in [5, 5.41) is 0. The Morgan fingerprint density at radius 2 is 2.37 bits per heavy atom. The van der Waals surface area contributed by atoms with Gasteiger partial charge in [0.2, 0.25) is 10.0 Å². The molecule has 1 saturated heterocycles. The Balaban J connectivity index is 1.97. The molecule has 19 heavy (non-hydrogen) atoms. The van der Waals surface area contributed by atoms with Crippen molar-refractivity contribution in [2.75, 3.05) is 12.4 Å². The number of nitrogens with one attached hydrogen (secondary N) is 1. The molecular weight excluding hydrogens is 288 g/mol. The van der Waals surface area contributed by atoms with Crippen LogP contribution in [-0.4, -0.2) is 37.8 Å². The predicted molar refractivity (Wildman–Crippen MR) is 71.7 cm³/mol. The molecule has 8 heteroatoms. The van der Waals surface area contributed by atoms with Crippen molar-refractivity contribution in [1.29, 1.82) is 0 Å². The van der Waals surface area contributed by atoms with E-state index in [2.05, 4.69) is 9.71 Å². The summed E-state index contributed by atoms with van der Waals surface area (Å²) in [5.41, 5.74) is 2.05. The Kier molecular flexibility index (Phi) is 4.54. The maximum absolute atomic E-state index is 11.9. The van der Waals surface area contributed by atoms with E-state index in [0.717, 1.165) is 24.2 Å². The third kappa shape index (κ3) is 3.99. The second-order valence-electron chi connectivity index (χ2n) is 4.47. The van der Waals surface area contributed by atoms with E-state index in [1.165, 1.54) is 5.51 Å². The number of sulfonamides is 1. The highest BCUT2D eigenvalue weighted by atomic mass is 32.2. The van der Waals surface area contributed by atoms with Gasteiger partial charge in [-0.1, -0.05) is 0 Å². The first-order chi connectivity index (χ1) is 8.98. The van der Waals surface area contributed by atoms with Gasteiger partial charge in [-0.15, -0.1) is 11.3 Å². The Morgan fingerprint density at radius 1 is 1.58 bits per heavy atom. The smallest absolute Gasteiger partial charge is 0.276 e. The number of carbonyl (C=O) groups excluding carboxylic acids is 1. The van der Waals surface area contributed by atoms with Gasteiger partial charge in [0, 0.05) is 6.61 Å². The lowest BCUT2D eigenvalue weighted by Gasteiger charge is -2.22. The van der Waals surface area contributed by atoms with Crippen molar-refractivity contribution in [3.05, 3.63) is 16.1 Å². The summed E-state index contributed by atoms with van der Waals surface area (Å²) in [6, 6.07) is 0. The van der Waals surface area contributed by atoms with Gasteiger partial charge >= 0.3 is 0 Å². The van der Waals surface area contributed by atoms with E-state index in [-0.39, 0.29) is 11.9 Å². The molecular formula is C11H16N2O4S2. The van der Waals surface area contributed by atoms with Gasteiger partial charge in [0.1, 0.15) is 4.88 Å². The maximum atomic E-state index is 11.9. The summed E-state index contributed by atoms with van der Waals surface area (Å²) < 4.78 is 31.2. The molecule has 1 N–H and O–H groups in total. The van der Waals surface area contributed by atoms with Crippen LogP contribution in [-0.2, 0) is 14.8 Å². The van der Waals surface area contributed by atoms with Crippen molar-refractivity contribution in [1.82, 2.24) is 9.71 Å². The van der Waals surface area contributed by atoms with E-state index < -0.39 is 15.9 Å². The molecule has 1 amide bonds. The summed E-state index contributed by atoms with van der Waals surface area (Å²) in [6.45, 7) is 2.25. The minimum Gasteiger partial charge on any atom is -0.377 e. The van der Waals surface area contributed by atoms with Crippen LogP contribution in [0.25, 0.3) is 0 Å². The molecule has 106 valence electrons. The van der Waals surface area contributed by atoms with Crippen LogP contribution in [0.3, 0.4) is 0 Å². The van der Waals surface area contributed by atoms with Crippen LogP contribution in [0.4, 0.5) is 0 Å². The van der Waals surface area contributed by atoms with Crippen LogP contribution in [0.15, 0.2) is 5.51 Å². The highest BCUT2D eigenvalue weighted by Crippen LogP contribution is 2.15. The molecule has 1 aliphatic heterocycles. The number of hydrogen-bond acceptors (Lipinski definition) is 6. The van der Waals surface area contributed by atoms with Crippen LogP contribution < -0.4 is 4.72 Å². The molecule has 0 saturated carbocycles. The second kappa shape index (κ2) is 5.98. The number of hydrogen-bond donors (Lipinski definition) is 1. The average Bonchev–Trinajstić information content (AvgIpc) is 2.75. The lowest BCUT2D eigenvalue weighted by atomic mass is 10.1. The van der Waals surface area contributed by atoms with Crippen LogP contribution in [0.1, 0.15) is 34.6 Å². The first-order valence-corrected chi connectivity index (χ1v) is 8.57. The van der Waals surface area contributed by atoms with Gasteiger partial charge in [-0.3, -0.25) is 4.79 Å². The van der Waals surface area contributed by atoms with Crippen LogP contribution in [0, 0.1) is 6.92 Å². The third-order valence-corrected chi connectivity index (χ3v) is 5.11. The standard InChI is InChI=1S/C11H16N2O4S2/c1-8-10(18-7-12-8)11(14)13-19(15,16)6-9-4-2-3-5-17-9/h7,9H,2-6H2,1H3,(H,13,14). The first kappa shape index (κ1) is 14.4. The summed E-state index contributed by atoms with van der Waals surface area (Å²) in [4.78, 5) is 16.1. The summed E-state index contributed by atoms with van der Waals surface area (Å²) in [6.07, 6.45) is 2.32. The van der Waals surface area contributed by atoms with Crippen LogP contribution in [0.2, 0.25) is 0 Å². The Morgan fingerprint density at radius 3 is 2.95 bits per heavy atom. The van der Waals surface area contributed by atoms with Crippen molar-refractivity contribution in [3.63, 3.8) is 0 Å². The number of carbonyl (C=O) groups is 1. The number of rotatable bonds is 4. The molecule has 0 aliphatic carbocycles. The molecule has 0 radical (unpaired) electrons. The first-order valence-electron chi connectivity index (χ1n) is 6.04. The number of ether oxygens (including phenoxy) is 1. The van der Waals surface area contributed by atoms with Crippen LogP contribution in [0.5, 0.6) is 0 Å². The summed E-state index contributed by atoms with van der Waals surface area (Å²) >= 11 is 1.13. The highest BCUT2D eigenvalue weighted by molar-refractivity contribution is 7.90. The predicted octanol–water partition coefficient (Wildman–Crippen LogP) is 1.08. The largest absolute Gasteiger partial charge is 0.377 e. The molecule has 1 unspecified atom stereocenters. The Hall–Kier alpha value is -0.990. The lowest BCUT2D eigenvalue weighted by molar-refractivity contribution is 0.0304. The minimum absolute atomic E-state index is 0.170. The Labute approximate surface area is 116 Å². The molecule has 2 rings (SSSR count). The molecule has 0 spiro atoms. The average molecular weight is 304 g/mol. The fraction of sp³-hybridized carbons (Fsp3) is 0.636. The third-order valence-electron chi connectivity index (χ3n) is 2.88. The molecule has 1 aliphatic rings. The fourth-order valence-corrected chi connectivity index (χ4v) is 3.92. The zero-order valence-electron chi connectivity index (χ0n) is 10.6. The molecule has 2 heterocycles. The van der Waals surface area contributed by atoms with E-state index in [1.54, 1.807) is 6.92 Å². The number of thiazole rings is 1. The molecule has 1 aromatic heterocycles. The number of aryl methyl sites for hydroxylation is 1. The normalized spacial score (nSPS) is 20.2. The monoisotopic (exact) mass is 304 g/mol. The van der Waals surface area contributed by atoms with Gasteiger partial charge in [0.25, 0.3) is 5.91 Å². The summed E-state index contributed by atoms with van der Waals surface area (Å²) in [5.74, 6) is -0.785.